The summed E-state index contributed by atoms with van der Waals surface area (Å²) in [6, 6.07) is 19.1. The Morgan fingerprint density at radius 2 is 1.94 bits per heavy atom. The highest BCUT2D eigenvalue weighted by Crippen LogP contribution is 2.23. The van der Waals surface area contributed by atoms with Gasteiger partial charge >= 0.3 is 0 Å². The van der Waals surface area contributed by atoms with Crippen LogP contribution in [0.25, 0.3) is 16.6 Å². The summed E-state index contributed by atoms with van der Waals surface area (Å²) in [6.07, 6.45) is 4.56. The number of amides is 1. The third-order valence-electron chi connectivity index (χ3n) is 6.20. The number of benzene rings is 2. The van der Waals surface area contributed by atoms with Crippen LogP contribution in [-0.2, 0) is 13.0 Å². The molecule has 158 valence electrons. The van der Waals surface area contributed by atoms with Gasteiger partial charge in [-0.3, -0.25) is 4.79 Å². The lowest BCUT2D eigenvalue weighted by atomic mass is 9.98. The second kappa shape index (κ2) is 8.04. The molecule has 1 aliphatic heterocycles. The van der Waals surface area contributed by atoms with Crippen molar-refractivity contribution in [3.05, 3.63) is 83.3 Å². The van der Waals surface area contributed by atoms with E-state index in [0.29, 0.717) is 0 Å². The van der Waals surface area contributed by atoms with Gasteiger partial charge in [0.2, 0.25) is 0 Å². The van der Waals surface area contributed by atoms with Crippen molar-refractivity contribution in [3.63, 3.8) is 0 Å². The van der Waals surface area contributed by atoms with Crippen molar-refractivity contribution in [2.45, 2.75) is 26.3 Å². The molecule has 2 aromatic carbocycles. The highest BCUT2D eigenvalue weighted by atomic mass is 16.1. The molecule has 0 saturated carbocycles. The van der Waals surface area contributed by atoms with Gasteiger partial charge in [0.15, 0.2) is 5.69 Å². The Morgan fingerprint density at radius 1 is 1.13 bits per heavy atom. The van der Waals surface area contributed by atoms with E-state index in [9.17, 15) is 4.79 Å². The minimum atomic E-state index is -0.514. The van der Waals surface area contributed by atoms with Crippen molar-refractivity contribution < 1.29 is 4.79 Å². The normalized spacial score (nSPS) is 16.2. The topological polar surface area (TPSA) is 77.9 Å². The highest BCUT2D eigenvalue weighted by Gasteiger charge is 2.15. The molecule has 6 heteroatoms. The van der Waals surface area contributed by atoms with Crippen LogP contribution in [0.1, 0.15) is 33.7 Å². The largest absolute Gasteiger partial charge is 0.364 e. The van der Waals surface area contributed by atoms with Crippen LogP contribution in [-0.4, -0.2) is 33.3 Å². The van der Waals surface area contributed by atoms with Crippen LogP contribution in [0.3, 0.4) is 0 Å². The maximum atomic E-state index is 11.4. The number of nitrogens with zero attached hydrogens (tertiary/aromatic N) is 3. The van der Waals surface area contributed by atoms with E-state index in [-0.39, 0.29) is 5.69 Å². The number of rotatable bonds is 6. The molecule has 1 fully saturated rings. The minimum Gasteiger partial charge on any atom is -0.364 e. The molecular weight excluding hydrogens is 386 g/mol. The van der Waals surface area contributed by atoms with E-state index in [4.69, 9.17) is 5.73 Å². The third-order valence-corrected chi connectivity index (χ3v) is 6.20. The molecule has 0 bridgehead atoms. The molecule has 1 amide bonds. The maximum absolute atomic E-state index is 11.4. The first-order chi connectivity index (χ1) is 15.1. The molecule has 0 radical (unpaired) electrons. The molecule has 31 heavy (non-hydrogen) atoms. The summed E-state index contributed by atoms with van der Waals surface area (Å²) >= 11 is 0. The maximum Gasteiger partial charge on any atom is 0.269 e. The Morgan fingerprint density at radius 3 is 2.65 bits per heavy atom. The number of nitrogens with two attached hydrogens (primary N) is 1. The summed E-state index contributed by atoms with van der Waals surface area (Å²) < 4.78 is 4.02. The van der Waals surface area contributed by atoms with E-state index in [2.05, 4.69) is 63.6 Å². The molecule has 1 saturated heterocycles. The van der Waals surface area contributed by atoms with E-state index in [0.717, 1.165) is 48.7 Å². The number of carbonyl (C=O) groups excluding carboxylic acids is 1. The Labute approximate surface area is 181 Å². The molecular formula is C25H27N5O. The van der Waals surface area contributed by atoms with E-state index in [1.165, 1.54) is 23.1 Å². The monoisotopic (exact) mass is 413 g/mol. The molecule has 5 rings (SSSR count). The Bertz CT molecular complexity index is 1230. The average molecular weight is 414 g/mol. The second-order valence-corrected chi connectivity index (χ2v) is 8.51. The first-order valence-electron chi connectivity index (χ1n) is 10.8. The van der Waals surface area contributed by atoms with Gasteiger partial charge in [-0.05, 0) is 80.2 Å². The lowest BCUT2D eigenvalue weighted by molar-refractivity contribution is 0.0995. The Hall–Kier alpha value is -3.38. The molecule has 3 N–H and O–H groups in total. The van der Waals surface area contributed by atoms with Crippen LogP contribution in [0.15, 0.2) is 60.8 Å². The molecule has 2 aromatic heterocycles. The van der Waals surface area contributed by atoms with Gasteiger partial charge in [-0.15, -0.1) is 0 Å². The second-order valence-electron chi connectivity index (χ2n) is 8.51. The molecule has 4 aromatic rings. The summed E-state index contributed by atoms with van der Waals surface area (Å²) in [5, 5.41) is 8.92. The fraction of sp³-hybridized carbons (Fsp3) is 0.280. The van der Waals surface area contributed by atoms with Crippen LogP contribution < -0.4 is 11.1 Å². The third kappa shape index (κ3) is 3.99. The zero-order valence-electron chi connectivity index (χ0n) is 17.7. The predicted molar refractivity (Wildman–Crippen MR) is 123 cm³/mol. The number of hydrogen-bond acceptors (Lipinski definition) is 3. The van der Waals surface area contributed by atoms with Crippen molar-refractivity contribution >= 4 is 16.8 Å². The van der Waals surface area contributed by atoms with Crippen LogP contribution in [0, 0.1) is 12.8 Å². The number of carbonyl (C=O) groups is 1. The van der Waals surface area contributed by atoms with Crippen molar-refractivity contribution in [2.75, 3.05) is 13.1 Å². The van der Waals surface area contributed by atoms with Crippen LogP contribution in [0.5, 0.6) is 0 Å². The SMILES string of the molecule is Cc1cc(C(N)=O)nn1-c1ccc2c(ccn2Cc2ccc(C[C@@H]3CCNC3)cc2)c1. The lowest BCUT2D eigenvalue weighted by Gasteiger charge is -2.10. The van der Waals surface area contributed by atoms with E-state index < -0.39 is 5.91 Å². The standard InChI is InChI=1S/C25H27N5O/c1-17-12-23(25(26)31)28-30(17)22-6-7-24-21(14-22)9-11-29(24)16-19-4-2-18(3-5-19)13-20-8-10-27-15-20/h2-7,9,11-12,14,20,27H,8,10,13,15-16H2,1H3,(H2,26,31)/t20-/m0/s1. The number of nitrogens with one attached hydrogen (secondary N) is 1. The van der Waals surface area contributed by atoms with Gasteiger partial charge < -0.3 is 15.6 Å². The van der Waals surface area contributed by atoms with Gasteiger partial charge in [0.1, 0.15) is 0 Å². The quantitative estimate of drug-likeness (QED) is 0.508. The lowest BCUT2D eigenvalue weighted by Crippen LogP contribution is -2.12. The number of aromatic nitrogens is 3. The first kappa shape index (κ1) is 19.6. The van der Waals surface area contributed by atoms with Crippen LogP contribution in [0.4, 0.5) is 0 Å². The first-order valence-corrected chi connectivity index (χ1v) is 10.8. The predicted octanol–water partition coefficient (Wildman–Crippen LogP) is 3.43. The minimum absolute atomic E-state index is 0.280. The molecule has 0 aliphatic carbocycles. The van der Waals surface area contributed by atoms with E-state index >= 15 is 0 Å². The Kier molecular flexibility index (Phi) is 5.08. The number of aryl methyl sites for hydroxylation is 1. The van der Waals surface area contributed by atoms with Gasteiger partial charge in [0.25, 0.3) is 5.91 Å². The zero-order chi connectivity index (χ0) is 21.4. The molecule has 1 aliphatic rings. The summed E-state index contributed by atoms with van der Waals surface area (Å²) in [5.41, 5.74) is 11.3. The van der Waals surface area contributed by atoms with Crippen molar-refractivity contribution in [1.29, 1.82) is 0 Å². The summed E-state index contributed by atoms with van der Waals surface area (Å²) in [6.45, 7) is 5.04. The fourth-order valence-corrected chi connectivity index (χ4v) is 4.51. The fourth-order valence-electron chi connectivity index (χ4n) is 4.51. The summed E-state index contributed by atoms with van der Waals surface area (Å²) in [5.74, 6) is 0.255. The van der Waals surface area contributed by atoms with Gasteiger partial charge in [-0.1, -0.05) is 24.3 Å². The van der Waals surface area contributed by atoms with Gasteiger partial charge in [-0.2, -0.15) is 5.10 Å². The smallest absolute Gasteiger partial charge is 0.269 e. The Balaban J connectivity index is 1.35. The highest BCUT2D eigenvalue weighted by molar-refractivity contribution is 5.91. The average Bonchev–Trinajstić information content (AvgIpc) is 3.50. The number of hydrogen-bond donors (Lipinski definition) is 2. The van der Waals surface area contributed by atoms with E-state index in [1.54, 1.807) is 10.7 Å². The van der Waals surface area contributed by atoms with Gasteiger partial charge in [-0.25, -0.2) is 4.68 Å². The molecule has 0 spiro atoms. The molecule has 0 unspecified atom stereocenters. The van der Waals surface area contributed by atoms with Gasteiger partial charge in [0.05, 0.1) is 5.69 Å². The van der Waals surface area contributed by atoms with Crippen molar-refractivity contribution in [3.8, 4) is 5.69 Å². The van der Waals surface area contributed by atoms with Crippen molar-refractivity contribution in [1.82, 2.24) is 19.7 Å². The summed E-state index contributed by atoms with van der Waals surface area (Å²) in [7, 11) is 0. The summed E-state index contributed by atoms with van der Waals surface area (Å²) in [4.78, 5) is 11.4. The van der Waals surface area contributed by atoms with Crippen molar-refractivity contribution in [2.24, 2.45) is 11.7 Å². The van der Waals surface area contributed by atoms with Crippen LogP contribution >= 0.6 is 0 Å². The van der Waals surface area contributed by atoms with Gasteiger partial charge in [0, 0.05) is 29.3 Å². The number of primary amides is 1. The van der Waals surface area contributed by atoms with E-state index in [1.807, 2.05) is 13.0 Å². The molecule has 3 heterocycles. The molecule has 1 atom stereocenters. The van der Waals surface area contributed by atoms with Crippen LogP contribution in [0.2, 0.25) is 0 Å². The zero-order valence-corrected chi connectivity index (χ0v) is 17.7. The number of fused-ring (bicyclic) bond motifs is 1. The molecule has 6 nitrogen and oxygen atoms in total.